The van der Waals surface area contributed by atoms with E-state index in [9.17, 15) is 4.79 Å². The number of carbonyl (C=O) groups excluding carboxylic acids is 1. The first-order valence-electron chi connectivity index (χ1n) is 10.5. The monoisotopic (exact) mass is 367 g/mol. The van der Waals surface area contributed by atoms with Gasteiger partial charge < -0.3 is 4.57 Å². The summed E-state index contributed by atoms with van der Waals surface area (Å²) in [4.78, 5) is 12.6. The number of hydrogen-bond donors (Lipinski definition) is 0. The summed E-state index contributed by atoms with van der Waals surface area (Å²) in [6, 6.07) is 8.87. The minimum absolute atomic E-state index is 0.289. The Balaban J connectivity index is 1.62. The van der Waals surface area contributed by atoms with Gasteiger partial charge in [-0.2, -0.15) is 0 Å². The largest absolute Gasteiger partial charge is 0.312 e. The van der Waals surface area contributed by atoms with Gasteiger partial charge in [-0.1, -0.05) is 52.0 Å². The summed E-state index contributed by atoms with van der Waals surface area (Å²) >= 11 is 0. The Kier molecular flexibility index (Phi) is 6.46. The average Bonchev–Trinajstić information content (AvgIpc) is 3.38. The highest BCUT2D eigenvalue weighted by atomic mass is 16.1. The summed E-state index contributed by atoms with van der Waals surface area (Å²) < 4.78 is 2.33. The second kappa shape index (κ2) is 8.81. The number of aryl methyl sites for hydroxylation is 2. The number of Topliss-reactive ketones (excluding diaryl/α,β-unsaturated/α-hetero) is 1. The molecule has 0 amide bonds. The van der Waals surface area contributed by atoms with Gasteiger partial charge in [0.25, 0.3) is 0 Å². The zero-order valence-electron chi connectivity index (χ0n) is 17.2. The molecule has 1 aromatic heterocycles. The average molecular weight is 368 g/mol. The molecule has 0 N–H and O–H groups in total. The van der Waals surface area contributed by atoms with Gasteiger partial charge in [0, 0.05) is 31.7 Å². The van der Waals surface area contributed by atoms with Gasteiger partial charge in [-0.3, -0.25) is 4.79 Å². The highest BCUT2D eigenvalue weighted by Crippen LogP contribution is 2.37. The van der Waals surface area contributed by atoms with Crippen molar-refractivity contribution in [2.75, 3.05) is 0 Å². The molecular formula is C23H33N3O. The zero-order valence-corrected chi connectivity index (χ0v) is 17.2. The third-order valence-corrected chi connectivity index (χ3v) is 5.39. The van der Waals surface area contributed by atoms with Crippen LogP contribution in [0.3, 0.4) is 0 Å². The first-order valence-corrected chi connectivity index (χ1v) is 10.5. The second-order valence-electron chi connectivity index (χ2n) is 8.64. The van der Waals surface area contributed by atoms with Crippen molar-refractivity contribution in [3.8, 4) is 0 Å². The van der Waals surface area contributed by atoms with Gasteiger partial charge in [-0.15, -0.1) is 10.2 Å². The highest BCUT2D eigenvalue weighted by Gasteiger charge is 2.29. The topological polar surface area (TPSA) is 47.8 Å². The Morgan fingerprint density at radius 1 is 1.07 bits per heavy atom. The van der Waals surface area contributed by atoms with Crippen molar-refractivity contribution in [1.82, 2.24) is 14.8 Å². The van der Waals surface area contributed by atoms with Gasteiger partial charge in [-0.25, -0.2) is 0 Å². The Morgan fingerprint density at radius 3 is 2.37 bits per heavy atom. The molecule has 4 nitrogen and oxygen atoms in total. The van der Waals surface area contributed by atoms with Gasteiger partial charge in [0.15, 0.2) is 0 Å². The van der Waals surface area contributed by atoms with Crippen LogP contribution in [0.15, 0.2) is 24.3 Å². The fourth-order valence-electron chi connectivity index (χ4n) is 3.68. The van der Waals surface area contributed by atoms with E-state index < -0.39 is 0 Å². The molecule has 1 fully saturated rings. The maximum absolute atomic E-state index is 12.6. The second-order valence-corrected chi connectivity index (χ2v) is 8.64. The molecule has 1 aliphatic rings. The van der Waals surface area contributed by atoms with Crippen LogP contribution in [0.2, 0.25) is 0 Å². The minimum Gasteiger partial charge on any atom is -0.312 e. The summed E-state index contributed by atoms with van der Waals surface area (Å²) in [5, 5.41) is 8.89. The third-order valence-electron chi connectivity index (χ3n) is 5.39. The number of aromatic nitrogens is 3. The number of nitrogens with zero attached hydrogens (tertiary/aromatic N) is 3. The number of hydrogen-bond acceptors (Lipinski definition) is 3. The molecular weight excluding hydrogens is 334 g/mol. The molecule has 2 aromatic rings. The number of carbonyl (C=O) groups is 1. The van der Waals surface area contributed by atoms with Crippen molar-refractivity contribution >= 4 is 5.78 Å². The van der Waals surface area contributed by atoms with E-state index in [4.69, 9.17) is 0 Å². The molecule has 1 heterocycles. The lowest BCUT2D eigenvalue weighted by atomic mass is 9.93. The van der Waals surface area contributed by atoms with E-state index in [2.05, 4.69) is 60.7 Å². The van der Waals surface area contributed by atoms with Gasteiger partial charge in [0.2, 0.25) is 0 Å². The van der Waals surface area contributed by atoms with Crippen molar-refractivity contribution in [2.24, 2.45) is 5.92 Å². The van der Waals surface area contributed by atoms with Crippen LogP contribution in [0.1, 0.15) is 88.1 Å². The van der Waals surface area contributed by atoms with Crippen LogP contribution in [0.4, 0.5) is 0 Å². The predicted octanol–water partition coefficient (Wildman–Crippen LogP) is 5.07. The lowest BCUT2D eigenvalue weighted by Crippen LogP contribution is -2.11. The standard InChI is InChI=1S/C23H33N3O/c1-16(2)9-13-22-24-25-23(26(22)19-10-11-19)14-12-20(27)15-18-7-5-6-8-21(18)17(3)4/h5-8,16-17,19H,9-15H2,1-4H3. The number of benzene rings is 1. The van der Waals surface area contributed by atoms with E-state index in [1.165, 1.54) is 24.0 Å². The molecule has 27 heavy (non-hydrogen) atoms. The molecule has 0 bridgehead atoms. The van der Waals surface area contributed by atoms with Crippen molar-refractivity contribution in [1.29, 1.82) is 0 Å². The molecule has 4 heteroatoms. The molecule has 0 spiro atoms. The molecule has 0 atom stereocenters. The summed E-state index contributed by atoms with van der Waals surface area (Å²) in [5.74, 6) is 3.51. The summed E-state index contributed by atoms with van der Waals surface area (Å²) in [7, 11) is 0. The molecule has 0 radical (unpaired) electrons. The van der Waals surface area contributed by atoms with Crippen LogP contribution in [0.5, 0.6) is 0 Å². The lowest BCUT2D eigenvalue weighted by Gasteiger charge is -2.12. The summed E-state index contributed by atoms with van der Waals surface area (Å²) in [5.41, 5.74) is 2.45. The quantitative estimate of drug-likeness (QED) is 0.589. The van der Waals surface area contributed by atoms with Crippen LogP contribution in [0.25, 0.3) is 0 Å². The van der Waals surface area contributed by atoms with Crippen molar-refractivity contribution < 1.29 is 4.79 Å². The van der Waals surface area contributed by atoms with Crippen molar-refractivity contribution in [3.05, 3.63) is 47.0 Å². The van der Waals surface area contributed by atoms with E-state index in [0.29, 0.717) is 37.1 Å². The molecule has 1 aromatic carbocycles. The first kappa shape index (κ1) is 19.8. The van der Waals surface area contributed by atoms with Gasteiger partial charge >= 0.3 is 0 Å². The van der Waals surface area contributed by atoms with Crippen LogP contribution in [-0.4, -0.2) is 20.5 Å². The Hall–Kier alpha value is -1.97. The molecule has 1 aliphatic carbocycles. The predicted molar refractivity (Wildman–Crippen MR) is 109 cm³/mol. The normalized spacial score (nSPS) is 14.3. The molecule has 146 valence electrons. The van der Waals surface area contributed by atoms with E-state index in [1.54, 1.807) is 0 Å². The molecule has 3 rings (SSSR count). The van der Waals surface area contributed by atoms with Crippen LogP contribution in [-0.2, 0) is 24.1 Å². The van der Waals surface area contributed by atoms with Crippen LogP contribution in [0, 0.1) is 5.92 Å². The maximum Gasteiger partial charge on any atom is 0.137 e. The fourth-order valence-corrected chi connectivity index (χ4v) is 3.68. The van der Waals surface area contributed by atoms with Crippen molar-refractivity contribution in [2.45, 2.75) is 84.6 Å². The van der Waals surface area contributed by atoms with Gasteiger partial charge in [-0.05, 0) is 42.2 Å². The van der Waals surface area contributed by atoms with E-state index >= 15 is 0 Å². The van der Waals surface area contributed by atoms with Crippen LogP contribution < -0.4 is 0 Å². The van der Waals surface area contributed by atoms with E-state index in [-0.39, 0.29) is 5.78 Å². The maximum atomic E-state index is 12.6. The van der Waals surface area contributed by atoms with E-state index in [0.717, 1.165) is 24.5 Å². The SMILES string of the molecule is CC(C)CCc1nnc(CCC(=O)Cc2ccccc2C(C)C)n1C1CC1. The molecule has 1 saturated carbocycles. The fraction of sp³-hybridized carbons (Fsp3) is 0.609. The third kappa shape index (κ3) is 5.27. The van der Waals surface area contributed by atoms with Crippen molar-refractivity contribution in [3.63, 3.8) is 0 Å². The zero-order chi connectivity index (χ0) is 19.4. The lowest BCUT2D eigenvalue weighted by molar-refractivity contribution is -0.118. The Labute approximate surface area is 163 Å². The smallest absolute Gasteiger partial charge is 0.137 e. The minimum atomic E-state index is 0.289. The molecule has 0 saturated heterocycles. The molecule has 0 aliphatic heterocycles. The highest BCUT2D eigenvalue weighted by molar-refractivity contribution is 5.81. The Bertz CT molecular complexity index is 772. The van der Waals surface area contributed by atoms with Crippen LogP contribution >= 0.6 is 0 Å². The van der Waals surface area contributed by atoms with E-state index in [1.807, 2.05) is 6.07 Å². The number of ketones is 1. The summed E-state index contributed by atoms with van der Waals surface area (Å²) in [6.07, 6.45) is 6.32. The molecule has 0 unspecified atom stereocenters. The number of rotatable bonds is 10. The first-order chi connectivity index (χ1) is 13.0. The Morgan fingerprint density at radius 2 is 1.74 bits per heavy atom. The van der Waals surface area contributed by atoms with Gasteiger partial charge in [0.05, 0.1) is 0 Å². The van der Waals surface area contributed by atoms with Gasteiger partial charge in [0.1, 0.15) is 17.4 Å². The summed E-state index contributed by atoms with van der Waals surface area (Å²) in [6.45, 7) is 8.85.